The summed E-state index contributed by atoms with van der Waals surface area (Å²) in [7, 11) is 3.22. The van der Waals surface area contributed by atoms with Crippen molar-refractivity contribution in [2.75, 3.05) is 20.0 Å². The third-order valence-corrected chi connectivity index (χ3v) is 7.31. The maximum Gasteiger partial charge on any atom is 0.231 e. The number of nitrogens with zero attached hydrogens (tertiary/aromatic N) is 4. The smallest absolute Gasteiger partial charge is 0.231 e. The molecule has 178 valence electrons. The topological polar surface area (TPSA) is 102 Å². The number of methoxy groups -OCH3 is 2. The number of rotatable bonds is 9. The Morgan fingerprint density at radius 3 is 2.55 bits per heavy atom. The van der Waals surface area contributed by atoms with Crippen LogP contribution < -0.4 is 14.8 Å². The minimum absolute atomic E-state index is 0.000929. The van der Waals surface area contributed by atoms with Gasteiger partial charge in [-0.1, -0.05) is 44.9 Å². The van der Waals surface area contributed by atoms with Crippen LogP contribution in [0.2, 0.25) is 0 Å². The van der Waals surface area contributed by atoms with Crippen molar-refractivity contribution < 1.29 is 14.3 Å². The predicted molar refractivity (Wildman–Crippen MR) is 128 cm³/mol. The predicted octanol–water partition coefficient (Wildman–Crippen LogP) is 4.61. The Bertz CT molecular complexity index is 1010. The molecule has 1 aromatic carbocycles. The molecule has 2 aromatic rings. The number of thioether (sulfide) groups is 1. The molecule has 33 heavy (non-hydrogen) atoms. The number of carbonyl (C=O) groups is 1. The van der Waals surface area contributed by atoms with Gasteiger partial charge in [0.1, 0.15) is 5.54 Å². The first kappa shape index (κ1) is 24.9. The molecular formula is C24H33N5O3S. The molecule has 1 N–H and O–H groups in total. The number of hydrogen-bond acceptors (Lipinski definition) is 7. The van der Waals surface area contributed by atoms with Crippen LogP contribution >= 0.6 is 11.8 Å². The van der Waals surface area contributed by atoms with E-state index < -0.39 is 5.54 Å². The van der Waals surface area contributed by atoms with Crippen molar-refractivity contribution in [1.29, 1.82) is 5.26 Å². The zero-order valence-corrected chi connectivity index (χ0v) is 20.9. The van der Waals surface area contributed by atoms with E-state index in [1.807, 2.05) is 32.0 Å². The van der Waals surface area contributed by atoms with Crippen LogP contribution in [0.3, 0.4) is 0 Å². The Morgan fingerprint density at radius 2 is 1.94 bits per heavy atom. The molecule has 0 radical (unpaired) electrons. The summed E-state index contributed by atoms with van der Waals surface area (Å²) in [6, 6.07) is 8.22. The quantitative estimate of drug-likeness (QED) is 0.533. The highest BCUT2D eigenvalue weighted by atomic mass is 32.2. The van der Waals surface area contributed by atoms with E-state index in [1.165, 1.54) is 18.2 Å². The van der Waals surface area contributed by atoms with Gasteiger partial charge in [-0.2, -0.15) is 5.26 Å². The van der Waals surface area contributed by atoms with Crippen LogP contribution in [0, 0.1) is 17.2 Å². The molecule has 1 aliphatic carbocycles. The van der Waals surface area contributed by atoms with E-state index in [0.29, 0.717) is 16.7 Å². The van der Waals surface area contributed by atoms with Crippen LogP contribution in [-0.2, 0) is 4.79 Å². The Kier molecular flexibility index (Phi) is 8.25. The van der Waals surface area contributed by atoms with Crippen molar-refractivity contribution in [3.8, 4) is 29.0 Å². The normalized spacial score (nSPS) is 16.2. The molecule has 1 heterocycles. The van der Waals surface area contributed by atoms with Crippen molar-refractivity contribution in [3.05, 3.63) is 18.2 Å². The summed E-state index contributed by atoms with van der Waals surface area (Å²) in [6.45, 7) is 5.59. The minimum atomic E-state index is -0.903. The standard InChI is InChI=1S/C24H33N5O3S/c1-16(2)24(3,15-25)26-21(30)14-33-23-28-27-22(29(23)18-9-7-6-8-10-18)17-11-12-19(31-4)20(13-17)32-5/h11-13,16,18H,6-10,14H2,1-5H3,(H,26,30). The number of amides is 1. The van der Waals surface area contributed by atoms with Gasteiger partial charge < -0.3 is 14.8 Å². The largest absolute Gasteiger partial charge is 0.493 e. The van der Waals surface area contributed by atoms with Gasteiger partial charge >= 0.3 is 0 Å². The molecule has 1 unspecified atom stereocenters. The van der Waals surface area contributed by atoms with Gasteiger partial charge in [0, 0.05) is 11.6 Å². The number of hydrogen-bond donors (Lipinski definition) is 1. The van der Waals surface area contributed by atoms with E-state index in [4.69, 9.17) is 9.47 Å². The third-order valence-electron chi connectivity index (χ3n) is 6.36. The summed E-state index contributed by atoms with van der Waals surface area (Å²) in [5, 5.41) is 22.0. The Hall–Kier alpha value is -2.73. The maximum atomic E-state index is 12.6. The number of aromatic nitrogens is 3. The Morgan fingerprint density at radius 1 is 1.24 bits per heavy atom. The fourth-order valence-electron chi connectivity index (χ4n) is 3.97. The third kappa shape index (κ3) is 5.61. The fourth-order valence-corrected chi connectivity index (χ4v) is 4.78. The second-order valence-electron chi connectivity index (χ2n) is 8.84. The highest BCUT2D eigenvalue weighted by Gasteiger charge is 2.30. The summed E-state index contributed by atoms with van der Waals surface area (Å²) in [4.78, 5) is 12.6. The maximum absolute atomic E-state index is 12.6. The summed E-state index contributed by atoms with van der Waals surface area (Å²) < 4.78 is 13.0. The summed E-state index contributed by atoms with van der Waals surface area (Å²) in [6.07, 6.45) is 5.66. The van der Waals surface area contributed by atoms with E-state index in [-0.39, 0.29) is 23.6 Å². The molecule has 1 aromatic heterocycles. The van der Waals surface area contributed by atoms with Crippen molar-refractivity contribution in [2.24, 2.45) is 5.92 Å². The molecule has 1 fully saturated rings. The molecule has 0 bridgehead atoms. The minimum Gasteiger partial charge on any atom is -0.493 e. The summed E-state index contributed by atoms with van der Waals surface area (Å²) in [5.74, 6) is 2.02. The molecule has 8 nitrogen and oxygen atoms in total. The zero-order chi connectivity index (χ0) is 24.0. The lowest BCUT2D eigenvalue weighted by Crippen LogP contribution is -2.49. The van der Waals surface area contributed by atoms with Crippen molar-refractivity contribution in [2.45, 2.75) is 69.6 Å². The van der Waals surface area contributed by atoms with Gasteiger partial charge in [0.05, 0.1) is 26.0 Å². The molecule has 1 amide bonds. The van der Waals surface area contributed by atoms with Crippen LogP contribution in [0.5, 0.6) is 11.5 Å². The van der Waals surface area contributed by atoms with E-state index in [1.54, 1.807) is 21.1 Å². The lowest BCUT2D eigenvalue weighted by molar-refractivity contribution is -0.120. The lowest BCUT2D eigenvalue weighted by Gasteiger charge is -2.27. The molecule has 1 saturated carbocycles. The monoisotopic (exact) mass is 471 g/mol. The van der Waals surface area contributed by atoms with E-state index >= 15 is 0 Å². The van der Waals surface area contributed by atoms with Crippen molar-refractivity contribution >= 4 is 17.7 Å². The number of ether oxygens (including phenoxy) is 2. The molecule has 0 spiro atoms. The molecule has 3 rings (SSSR count). The van der Waals surface area contributed by atoms with E-state index in [9.17, 15) is 10.1 Å². The van der Waals surface area contributed by atoms with Crippen molar-refractivity contribution in [3.63, 3.8) is 0 Å². The van der Waals surface area contributed by atoms with Crippen LogP contribution in [0.25, 0.3) is 11.4 Å². The zero-order valence-electron chi connectivity index (χ0n) is 20.1. The number of nitrogens with one attached hydrogen (secondary N) is 1. The van der Waals surface area contributed by atoms with Crippen LogP contribution in [0.15, 0.2) is 23.4 Å². The van der Waals surface area contributed by atoms with Gasteiger partial charge in [0.25, 0.3) is 0 Å². The van der Waals surface area contributed by atoms with Gasteiger partial charge in [0.15, 0.2) is 22.5 Å². The number of nitriles is 1. The molecule has 0 saturated heterocycles. The van der Waals surface area contributed by atoms with Crippen LogP contribution in [0.1, 0.15) is 58.9 Å². The van der Waals surface area contributed by atoms with Crippen molar-refractivity contribution in [1.82, 2.24) is 20.1 Å². The number of carbonyl (C=O) groups excluding carboxylic acids is 1. The molecular weight excluding hydrogens is 438 g/mol. The highest BCUT2D eigenvalue weighted by Crippen LogP contribution is 2.38. The van der Waals surface area contributed by atoms with E-state index in [0.717, 1.165) is 37.1 Å². The molecule has 0 aliphatic heterocycles. The highest BCUT2D eigenvalue weighted by molar-refractivity contribution is 7.99. The summed E-state index contributed by atoms with van der Waals surface area (Å²) in [5.41, 5.74) is -0.0154. The van der Waals surface area contributed by atoms with Gasteiger partial charge in [-0.05, 0) is 43.9 Å². The average Bonchev–Trinajstić information content (AvgIpc) is 3.26. The Labute approximate surface area is 200 Å². The van der Waals surface area contributed by atoms with Crippen LogP contribution in [0.4, 0.5) is 0 Å². The second kappa shape index (κ2) is 10.9. The fraction of sp³-hybridized carbons (Fsp3) is 0.583. The molecule has 1 aliphatic rings. The first-order valence-electron chi connectivity index (χ1n) is 11.3. The van der Waals surface area contributed by atoms with Gasteiger partial charge in [-0.15, -0.1) is 10.2 Å². The first-order chi connectivity index (χ1) is 15.8. The first-order valence-corrected chi connectivity index (χ1v) is 12.3. The van der Waals surface area contributed by atoms with Gasteiger partial charge in [0.2, 0.25) is 5.91 Å². The van der Waals surface area contributed by atoms with Crippen LogP contribution in [-0.4, -0.2) is 46.2 Å². The lowest BCUT2D eigenvalue weighted by atomic mass is 9.90. The molecule has 9 heteroatoms. The molecule has 1 atom stereocenters. The summed E-state index contributed by atoms with van der Waals surface area (Å²) >= 11 is 1.36. The van der Waals surface area contributed by atoms with Gasteiger partial charge in [-0.3, -0.25) is 9.36 Å². The average molecular weight is 472 g/mol. The number of benzene rings is 1. The Balaban J connectivity index is 1.88. The second-order valence-corrected chi connectivity index (χ2v) is 9.79. The van der Waals surface area contributed by atoms with Gasteiger partial charge in [-0.25, -0.2) is 0 Å². The SMILES string of the molecule is COc1ccc(-c2nnc(SCC(=O)NC(C)(C#N)C(C)C)n2C2CCCCC2)cc1OC. The van der Waals surface area contributed by atoms with E-state index in [2.05, 4.69) is 26.2 Å².